The number of hydrogen-bond donors (Lipinski definition) is 0. The summed E-state index contributed by atoms with van der Waals surface area (Å²) in [5, 5.41) is 0. The van der Waals surface area contributed by atoms with E-state index in [1.807, 2.05) is 0 Å². The third-order valence-electron chi connectivity index (χ3n) is 0.324. The minimum absolute atomic E-state index is 2.42. The van der Waals surface area contributed by atoms with E-state index in [0.717, 1.165) is 0 Å². The van der Waals surface area contributed by atoms with Crippen molar-refractivity contribution in [3.63, 3.8) is 0 Å². The van der Waals surface area contributed by atoms with E-state index in [0.29, 0.717) is 0 Å². The fraction of sp³-hybridized carbons (Fsp3) is 0.500. The quantitative estimate of drug-likeness (QED) is 0.659. The number of hydrogen-bond acceptors (Lipinski definition) is 2. The summed E-state index contributed by atoms with van der Waals surface area (Å²) in [6.45, 7) is 0. The van der Waals surface area contributed by atoms with E-state index in [4.69, 9.17) is 0 Å². The van der Waals surface area contributed by atoms with Crippen molar-refractivity contribution in [3.8, 4) is 0 Å². The summed E-state index contributed by atoms with van der Waals surface area (Å²) in [6, 6.07) is 0. The van der Waals surface area contributed by atoms with Crippen LogP contribution in [-0.4, -0.2) is 12.1 Å². The molecule has 0 saturated heterocycles. The summed E-state index contributed by atoms with van der Waals surface area (Å²) in [5.41, 5.74) is 0. The molecular weight excluding hydrogens is 263 g/mol. The van der Waals surface area contributed by atoms with E-state index < -0.39 is 57.9 Å². The van der Waals surface area contributed by atoms with E-state index in [9.17, 15) is 18.0 Å². The van der Waals surface area contributed by atoms with Crippen LogP contribution in [-0.2, 0) is 4.85 Å². The van der Waals surface area contributed by atoms with Gasteiger partial charge in [0.15, 0.2) is 0 Å². The molecule has 0 unspecified atom stereocenters. The molecule has 0 spiro atoms. The van der Waals surface area contributed by atoms with Crippen LogP contribution in [0.4, 0.5) is 13.3 Å². The maximum absolute atomic E-state index is 11.0. The summed E-state index contributed by atoms with van der Waals surface area (Å²) in [7, 11) is 0. The van der Waals surface area contributed by atoms with Crippen molar-refractivity contribution in [2.45, 2.75) is 6.18 Å². The summed E-state index contributed by atoms with van der Waals surface area (Å²) in [4.78, 5) is 9.50. The molecule has 0 aromatic rings. The Balaban J connectivity index is 3.74. The van der Waals surface area contributed by atoms with Crippen molar-refractivity contribution in [3.05, 3.63) is 0 Å². The number of halogens is 4. The maximum atomic E-state index is 11.0. The fourth-order valence-electron chi connectivity index (χ4n) is 0.0657. The van der Waals surface area contributed by atoms with Crippen LogP contribution in [0.5, 0.6) is 0 Å². The predicted octanol–water partition coefficient (Wildman–Crippen LogP) is 0.976. The number of alkyl halides is 3. The second kappa shape index (κ2) is 3.82. The standard InChI is InChI=1S/C2F4O2Xe/c3-2(4,5)1(7)8-9-6. The first-order valence-electron chi connectivity index (χ1n) is 1.50. The second-order valence-corrected chi connectivity index (χ2v) is 1.64. The third kappa shape index (κ3) is 4.20. The van der Waals surface area contributed by atoms with E-state index >= 15 is 0 Å². The molecule has 0 aromatic heterocycles. The van der Waals surface area contributed by atoms with Gasteiger partial charge in [-0.15, -0.1) is 0 Å². The molecule has 0 aromatic carbocycles. The zero-order valence-corrected chi connectivity index (χ0v) is 5.70. The first-order chi connectivity index (χ1) is 3.98. The van der Waals surface area contributed by atoms with E-state index in [1.54, 1.807) is 0 Å². The fourth-order valence-corrected chi connectivity index (χ4v) is 0.441. The molecule has 0 rings (SSSR count). The van der Waals surface area contributed by atoms with Gasteiger partial charge in [0.2, 0.25) is 0 Å². The molecule has 0 radical (unpaired) electrons. The van der Waals surface area contributed by atoms with Gasteiger partial charge in [-0.05, 0) is 0 Å². The molecule has 0 N–H and O–H groups in total. The topological polar surface area (TPSA) is 26.3 Å². The van der Waals surface area contributed by atoms with Gasteiger partial charge in [-0.2, -0.15) is 0 Å². The van der Waals surface area contributed by atoms with E-state index in [-0.39, 0.29) is 0 Å². The summed E-state index contributed by atoms with van der Waals surface area (Å²) in [5.74, 6) is -2.47. The number of carbonyl (C=O) groups excluding carboxylic acids is 1. The van der Waals surface area contributed by atoms with Crippen molar-refractivity contribution in [1.82, 2.24) is 0 Å². The van der Waals surface area contributed by atoms with Crippen LogP contribution in [0.1, 0.15) is 0 Å². The van der Waals surface area contributed by atoms with Crippen LogP contribution in [0, 0.1) is 45.8 Å². The summed E-state index contributed by atoms with van der Waals surface area (Å²) >= 11 is -2.42. The van der Waals surface area contributed by atoms with E-state index in [1.165, 1.54) is 0 Å². The zero-order valence-electron chi connectivity index (χ0n) is 3.68. The Morgan fingerprint density at radius 2 is 1.89 bits per heavy atom. The van der Waals surface area contributed by atoms with Crippen molar-refractivity contribution in [1.29, 1.82) is 0 Å². The molecule has 7 heteroatoms. The second-order valence-electron chi connectivity index (χ2n) is 0.912. The average molecular weight is 263 g/mol. The molecule has 56 valence electrons. The van der Waals surface area contributed by atoms with Gasteiger partial charge in [0.1, 0.15) is 0 Å². The Hall–Kier alpha value is 0.761. The van der Waals surface area contributed by atoms with Gasteiger partial charge in [-0.25, -0.2) is 0 Å². The normalized spacial score (nSPS) is 11.6. The SMILES string of the molecule is O=C(O[Xe]F)C(F)(F)F. The van der Waals surface area contributed by atoms with Crippen LogP contribution in [0.3, 0.4) is 0 Å². The molecule has 0 heterocycles. The van der Waals surface area contributed by atoms with Gasteiger partial charge in [-0.3, -0.25) is 0 Å². The van der Waals surface area contributed by atoms with Gasteiger partial charge in [0.25, 0.3) is 0 Å². The molecule has 0 bridgehead atoms. The number of carbonyl (C=O) groups is 1. The molecule has 0 amide bonds. The zero-order chi connectivity index (χ0) is 7.49. The number of rotatable bonds is 1. The molecule has 0 aliphatic heterocycles. The van der Waals surface area contributed by atoms with Gasteiger partial charge in [0, 0.05) is 0 Å². The first-order valence-corrected chi connectivity index (χ1v) is 3.09. The van der Waals surface area contributed by atoms with Crippen molar-refractivity contribution in [2.24, 2.45) is 0 Å². The van der Waals surface area contributed by atoms with Crippen LogP contribution < -0.4 is 0 Å². The monoisotopic (exact) mass is 264 g/mol. The van der Waals surface area contributed by atoms with Gasteiger partial charge in [-0.1, -0.05) is 0 Å². The Bertz CT molecular complexity index is 110. The molecule has 0 aliphatic carbocycles. The first kappa shape index (κ1) is 9.76. The molecule has 2 nitrogen and oxygen atoms in total. The molecular formula is C2F4O2Xe. The van der Waals surface area contributed by atoms with Gasteiger partial charge in [0.05, 0.1) is 0 Å². The minimum atomic E-state index is -5.07. The van der Waals surface area contributed by atoms with Gasteiger partial charge < -0.3 is 0 Å². The van der Waals surface area contributed by atoms with Crippen molar-refractivity contribution < 1.29 is 63.9 Å². The predicted molar refractivity (Wildman–Crippen MR) is 13.3 cm³/mol. The molecule has 0 fully saturated rings. The van der Waals surface area contributed by atoms with Crippen LogP contribution in [0.2, 0.25) is 0 Å². The van der Waals surface area contributed by atoms with Crippen LogP contribution in [0.15, 0.2) is 0 Å². The molecule has 0 saturated carbocycles. The summed E-state index contributed by atoms with van der Waals surface area (Å²) < 4.78 is 47.0. The van der Waals surface area contributed by atoms with E-state index in [2.05, 4.69) is 0.0568 Å². The van der Waals surface area contributed by atoms with Gasteiger partial charge >= 0.3 is 76.0 Å². The molecule has 0 atom stereocenters. The Kier molecular flexibility index (Phi) is 4.14. The van der Waals surface area contributed by atoms with Crippen LogP contribution >= 0.6 is 0 Å². The average Bonchev–Trinajstić information content (AvgIpc) is 1.64. The van der Waals surface area contributed by atoms with Crippen molar-refractivity contribution in [2.75, 3.05) is 0 Å². The molecule has 9 heavy (non-hydrogen) atoms. The Morgan fingerprint density at radius 3 is 2.00 bits per heavy atom. The summed E-state index contributed by atoms with van der Waals surface area (Å²) in [6.07, 6.45) is -5.07. The molecule has 0 aliphatic rings. The van der Waals surface area contributed by atoms with Crippen LogP contribution in [0.25, 0.3) is 0 Å². The third-order valence-corrected chi connectivity index (χ3v) is 0.854. The Labute approximate surface area is 75.1 Å². The van der Waals surface area contributed by atoms with Crippen molar-refractivity contribution >= 4 is 5.97 Å². The Morgan fingerprint density at radius 1 is 1.44 bits per heavy atom.